The summed E-state index contributed by atoms with van der Waals surface area (Å²) in [6, 6.07) is 6.31. The third-order valence-corrected chi connectivity index (χ3v) is 4.20. The monoisotopic (exact) mass is 287 g/mol. The average Bonchev–Trinajstić information content (AvgIpc) is 3.06. The van der Waals surface area contributed by atoms with Gasteiger partial charge in [0.25, 0.3) is 0 Å². The van der Waals surface area contributed by atoms with Crippen LogP contribution in [-0.2, 0) is 6.42 Å². The molecule has 3 rings (SSSR count). The van der Waals surface area contributed by atoms with Crippen LogP contribution in [-0.4, -0.2) is 23.6 Å². The number of hydrazine groups is 1. The maximum atomic E-state index is 5.71. The third kappa shape index (κ3) is 2.29. The molecule has 3 aromatic rings. The Labute approximate surface area is 121 Å². The summed E-state index contributed by atoms with van der Waals surface area (Å²) >= 11 is 1.54. The SMILES string of the molecule is CN(N)c1nc(-c2ccc3[nH]cc(CCN)c3c2)cs1. The van der Waals surface area contributed by atoms with Crippen LogP contribution in [0.25, 0.3) is 22.2 Å². The van der Waals surface area contributed by atoms with Crippen molar-refractivity contribution in [2.24, 2.45) is 11.6 Å². The van der Waals surface area contributed by atoms with Crippen LogP contribution in [0.3, 0.4) is 0 Å². The molecule has 20 heavy (non-hydrogen) atoms. The van der Waals surface area contributed by atoms with Gasteiger partial charge in [-0.15, -0.1) is 11.3 Å². The normalized spacial score (nSPS) is 11.2. The second-order valence-electron chi connectivity index (χ2n) is 4.74. The van der Waals surface area contributed by atoms with Gasteiger partial charge in [-0.1, -0.05) is 6.07 Å². The number of anilines is 1. The summed E-state index contributed by atoms with van der Waals surface area (Å²) in [4.78, 5) is 7.80. The molecular weight excluding hydrogens is 270 g/mol. The number of hydrogen-bond acceptors (Lipinski definition) is 5. The molecule has 0 fully saturated rings. The molecule has 5 nitrogen and oxygen atoms in total. The van der Waals surface area contributed by atoms with Gasteiger partial charge in [-0.25, -0.2) is 10.8 Å². The maximum Gasteiger partial charge on any atom is 0.199 e. The van der Waals surface area contributed by atoms with E-state index in [1.807, 2.05) is 11.6 Å². The highest BCUT2D eigenvalue weighted by Gasteiger charge is 2.09. The fraction of sp³-hybridized carbons (Fsp3) is 0.214. The molecule has 0 saturated heterocycles. The second-order valence-corrected chi connectivity index (χ2v) is 5.58. The Morgan fingerprint density at radius 2 is 2.25 bits per heavy atom. The largest absolute Gasteiger partial charge is 0.361 e. The summed E-state index contributed by atoms with van der Waals surface area (Å²) in [6.45, 7) is 0.649. The molecule has 0 bridgehead atoms. The molecular formula is C14H17N5S. The van der Waals surface area contributed by atoms with Crippen LogP contribution >= 0.6 is 11.3 Å². The summed E-state index contributed by atoms with van der Waals surface area (Å²) in [5, 5.41) is 5.57. The van der Waals surface area contributed by atoms with E-state index in [2.05, 4.69) is 28.2 Å². The first-order chi connectivity index (χ1) is 9.69. The molecule has 0 spiro atoms. The highest BCUT2D eigenvalue weighted by atomic mass is 32.1. The van der Waals surface area contributed by atoms with Crippen molar-refractivity contribution in [3.05, 3.63) is 35.3 Å². The Morgan fingerprint density at radius 1 is 1.40 bits per heavy atom. The first-order valence-electron chi connectivity index (χ1n) is 6.43. The van der Waals surface area contributed by atoms with Crippen LogP contribution in [0.4, 0.5) is 5.13 Å². The molecule has 0 atom stereocenters. The lowest BCUT2D eigenvalue weighted by molar-refractivity contribution is 0.976. The summed E-state index contributed by atoms with van der Waals surface area (Å²) in [7, 11) is 1.79. The number of nitrogens with two attached hydrogens (primary N) is 2. The van der Waals surface area contributed by atoms with Crippen molar-refractivity contribution in [2.45, 2.75) is 6.42 Å². The maximum absolute atomic E-state index is 5.71. The van der Waals surface area contributed by atoms with Gasteiger partial charge in [0, 0.05) is 35.1 Å². The molecule has 0 unspecified atom stereocenters. The molecule has 0 saturated carbocycles. The first-order valence-corrected chi connectivity index (χ1v) is 7.31. The fourth-order valence-corrected chi connectivity index (χ4v) is 2.98. The van der Waals surface area contributed by atoms with E-state index in [0.29, 0.717) is 6.54 Å². The van der Waals surface area contributed by atoms with Crippen LogP contribution in [0.1, 0.15) is 5.56 Å². The molecule has 2 aromatic heterocycles. The van der Waals surface area contributed by atoms with Gasteiger partial charge in [-0.3, -0.25) is 5.01 Å². The number of hydrogen-bond donors (Lipinski definition) is 3. The smallest absolute Gasteiger partial charge is 0.199 e. The van der Waals surface area contributed by atoms with Gasteiger partial charge < -0.3 is 10.7 Å². The zero-order chi connectivity index (χ0) is 14.1. The standard InChI is InChI=1S/C14H17N5S/c1-19(16)14-18-13(8-20-14)9-2-3-12-11(6-9)10(4-5-15)7-17-12/h2-3,6-8,17H,4-5,15-16H2,1H3. The van der Waals surface area contributed by atoms with E-state index < -0.39 is 0 Å². The van der Waals surface area contributed by atoms with E-state index in [4.69, 9.17) is 11.6 Å². The number of nitrogens with zero attached hydrogens (tertiary/aromatic N) is 2. The molecule has 5 N–H and O–H groups in total. The summed E-state index contributed by atoms with van der Waals surface area (Å²) in [5.74, 6) is 5.71. The lowest BCUT2D eigenvalue weighted by Crippen LogP contribution is -2.24. The van der Waals surface area contributed by atoms with Gasteiger partial charge in [-0.2, -0.15) is 0 Å². The molecule has 0 radical (unpaired) electrons. The van der Waals surface area contributed by atoms with E-state index in [-0.39, 0.29) is 0 Å². The van der Waals surface area contributed by atoms with Crippen molar-refractivity contribution in [1.82, 2.24) is 9.97 Å². The van der Waals surface area contributed by atoms with Crippen LogP contribution in [0, 0.1) is 0 Å². The van der Waals surface area contributed by atoms with Crippen LogP contribution < -0.4 is 16.6 Å². The topological polar surface area (TPSA) is 84.0 Å². The summed E-state index contributed by atoms with van der Waals surface area (Å²) in [5.41, 5.74) is 10.1. The van der Waals surface area contributed by atoms with Crippen LogP contribution in [0.2, 0.25) is 0 Å². The Morgan fingerprint density at radius 3 is 2.95 bits per heavy atom. The minimum Gasteiger partial charge on any atom is -0.361 e. The number of H-pyrrole nitrogens is 1. The van der Waals surface area contributed by atoms with Gasteiger partial charge in [0.1, 0.15) is 0 Å². The first kappa shape index (κ1) is 13.1. The Kier molecular flexibility index (Phi) is 3.43. The van der Waals surface area contributed by atoms with Gasteiger partial charge in [0.05, 0.1) is 5.69 Å². The third-order valence-electron chi connectivity index (χ3n) is 3.27. The second kappa shape index (κ2) is 5.24. The van der Waals surface area contributed by atoms with E-state index in [9.17, 15) is 0 Å². The zero-order valence-electron chi connectivity index (χ0n) is 11.3. The van der Waals surface area contributed by atoms with Gasteiger partial charge in [-0.05, 0) is 30.7 Å². The van der Waals surface area contributed by atoms with Crippen molar-refractivity contribution >= 4 is 27.4 Å². The van der Waals surface area contributed by atoms with Gasteiger partial charge in [0.2, 0.25) is 0 Å². The van der Waals surface area contributed by atoms with E-state index in [1.54, 1.807) is 7.05 Å². The Balaban J connectivity index is 2.04. The predicted octanol–water partition coefficient (Wildman–Crippen LogP) is 2.10. The van der Waals surface area contributed by atoms with Crippen LogP contribution in [0.5, 0.6) is 0 Å². The summed E-state index contributed by atoms with van der Waals surface area (Å²) in [6.07, 6.45) is 2.90. The molecule has 104 valence electrons. The van der Waals surface area contributed by atoms with E-state index >= 15 is 0 Å². The van der Waals surface area contributed by atoms with E-state index in [0.717, 1.165) is 28.3 Å². The average molecular weight is 287 g/mol. The lowest BCUT2D eigenvalue weighted by atomic mass is 10.1. The lowest BCUT2D eigenvalue weighted by Gasteiger charge is -2.05. The predicted molar refractivity (Wildman–Crippen MR) is 84.8 cm³/mol. The van der Waals surface area contributed by atoms with E-state index in [1.165, 1.54) is 27.3 Å². The minimum atomic E-state index is 0.649. The van der Waals surface area contributed by atoms with Crippen molar-refractivity contribution in [3.63, 3.8) is 0 Å². The van der Waals surface area contributed by atoms with Crippen LogP contribution in [0.15, 0.2) is 29.8 Å². The summed E-state index contributed by atoms with van der Waals surface area (Å²) < 4.78 is 0. The van der Waals surface area contributed by atoms with Crippen molar-refractivity contribution < 1.29 is 0 Å². The molecule has 6 heteroatoms. The van der Waals surface area contributed by atoms with Gasteiger partial charge >= 0.3 is 0 Å². The molecule has 0 aliphatic rings. The highest BCUT2D eigenvalue weighted by molar-refractivity contribution is 7.14. The van der Waals surface area contributed by atoms with Crippen molar-refractivity contribution in [1.29, 1.82) is 0 Å². The molecule has 1 aromatic carbocycles. The van der Waals surface area contributed by atoms with Crippen molar-refractivity contribution in [3.8, 4) is 11.3 Å². The molecule has 0 aliphatic carbocycles. The number of benzene rings is 1. The Bertz CT molecular complexity index is 728. The minimum absolute atomic E-state index is 0.649. The molecule has 0 aliphatic heterocycles. The number of fused-ring (bicyclic) bond motifs is 1. The number of thiazole rings is 1. The zero-order valence-corrected chi connectivity index (χ0v) is 12.1. The molecule has 2 heterocycles. The van der Waals surface area contributed by atoms with Gasteiger partial charge in [0.15, 0.2) is 5.13 Å². The number of rotatable bonds is 4. The fourth-order valence-electron chi connectivity index (χ4n) is 2.26. The highest BCUT2D eigenvalue weighted by Crippen LogP contribution is 2.29. The quantitative estimate of drug-likeness (QED) is 0.507. The molecule has 0 amide bonds. The number of nitrogens with one attached hydrogen (secondary N) is 1. The Hall–Kier alpha value is -1.89. The number of aromatic amines is 1. The number of aromatic nitrogens is 2. The van der Waals surface area contributed by atoms with Crippen molar-refractivity contribution in [2.75, 3.05) is 18.6 Å².